The summed E-state index contributed by atoms with van der Waals surface area (Å²) in [6, 6.07) is 12.3. The number of halogens is 2. The SMILES string of the molecule is COc1ccc(Br)cc1C(=O)Nc1ccccc1Cl. The van der Waals surface area contributed by atoms with E-state index >= 15 is 0 Å². The second-order valence-corrected chi connectivity index (χ2v) is 5.10. The van der Waals surface area contributed by atoms with Crippen LogP contribution in [0.2, 0.25) is 5.02 Å². The third kappa shape index (κ3) is 3.28. The molecule has 0 bridgehead atoms. The molecule has 2 aromatic rings. The van der Waals surface area contributed by atoms with Crippen molar-refractivity contribution >= 4 is 39.1 Å². The fourth-order valence-corrected chi connectivity index (χ4v) is 2.15. The smallest absolute Gasteiger partial charge is 0.259 e. The lowest BCUT2D eigenvalue weighted by atomic mass is 10.2. The normalized spacial score (nSPS) is 10.1. The molecule has 0 aliphatic rings. The number of hydrogen-bond acceptors (Lipinski definition) is 2. The Balaban J connectivity index is 2.30. The molecule has 0 heterocycles. The largest absolute Gasteiger partial charge is 0.496 e. The minimum absolute atomic E-state index is 0.272. The van der Waals surface area contributed by atoms with Gasteiger partial charge in [0.05, 0.1) is 23.4 Å². The third-order valence-corrected chi connectivity index (χ3v) is 3.35. The van der Waals surface area contributed by atoms with E-state index in [9.17, 15) is 4.79 Å². The van der Waals surface area contributed by atoms with Gasteiger partial charge < -0.3 is 10.1 Å². The Morgan fingerprint density at radius 2 is 2.00 bits per heavy atom. The molecular weight excluding hydrogens is 330 g/mol. The zero-order valence-corrected chi connectivity index (χ0v) is 12.5. The molecule has 0 aliphatic carbocycles. The van der Waals surface area contributed by atoms with Crippen LogP contribution in [0.1, 0.15) is 10.4 Å². The number of anilines is 1. The van der Waals surface area contributed by atoms with Gasteiger partial charge in [0.15, 0.2) is 0 Å². The molecule has 0 aliphatic heterocycles. The molecule has 0 radical (unpaired) electrons. The number of para-hydroxylation sites is 1. The Labute approximate surface area is 124 Å². The Bertz CT molecular complexity index is 616. The van der Waals surface area contributed by atoms with Gasteiger partial charge in [-0.2, -0.15) is 0 Å². The number of hydrogen-bond donors (Lipinski definition) is 1. The molecule has 2 aromatic carbocycles. The van der Waals surface area contributed by atoms with E-state index in [-0.39, 0.29) is 5.91 Å². The molecule has 0 unspecified atom stereocenters. The molecule has 0 fully saturated rings. The number of carbonyl (C=O) groups is 1. The van der Waals surface area contributed by atoms with Gasteiger partial charge in [-0.1, -0.05) is 39.7 Å². The molecule has 19 heavy (non-hydrogen) atoms. The van der Waals surface area contributed by atoms with E-state index in [2.05, 4.69) is 21.2 Å². The van der Waals surface area contributed by atoms with Crippen LogP contribution < -0.4 is 10.1 Å². The van der Waals surface area contributed by atoms with Gasteiger partial charge in [0, 0.05) is 4.47 Å². The number of rotatable bonds is 3. The van der Waals surface area contributed by atoms with E-state index < -0.39 is 0 Å². The lowest BCUT2D eigenvalue weighted by molar-refractivity contribution is 0.102. The molecule has 1 amide bonds. The van der Waals surface area contributed by atoms with Crippen LogP contribution in [0.5, 0.6) is 5.75 Å². The van der Waals surface area contributed by atoms with E-state index in [4.69, 9.17) is 16.3 Å². The predicted molar refractivity (Wildman–Crippen MR) is 80.1 cm³/mol. The van der Waals surface area contributed by atoms with Gasteiger partial charge in [0.1, 0.15) is 5.75 Å². The standard InChI is InChI=1S/C14H11BrClNO2/c1-19-13-7-6-9(15)8-10(13)14(18)17-12-5-3-2-4-11(12)16/h2-8H,1H3,(H,17,18). The summed E-state index contributed by atoms with van der Waals surface area (Å²) in [4.78, 5) is 12.2. The molecule has 0 aromatic heterocycles. The second kappa shape index (κ2) is 6.08. The monoisotopic (exact) mass is 339 g/mol. The first-order chi connectivity index (χ1) is 9.11. The van der Waals surface area contributed by atoms with Crippen molar-refractivity contribution in [1.29, 1.82) is 0 Å². The predicted octanol–water partition coefficient (Wildman–Crippen LogP) is 4.36. The first-order valence-corrected chi connectivity index (χ1v) is 6.68. The van der Waals surface area contributed by atoms with Crippen molar-refractivity contribution < 1.29 is 9.53 Å². The first kappa shape index (κ1) is 13.9. The van der Waals surface area contributed by atoms with Crippen molar-refractivity contribution in [2.75, 3.05) is 12.4 Å². The van der Waals surface area contributed by atoms with Gasteiger partial charge >= 0.3 is 0 Å². The van der Waals surface area contributed by atoms with Crippen molar-refractivity contribution in [1.82, 2.24) is 0 Å². The fourth-order valence-electron chi connectivity index (χ4n) is 1.61. The molecule has 0 saturated heterocycles. The van der Waals surface area contributed by atoms with Crippen molar-refractivity contribution in [3.63, 3.8) is 0 Å². The number of methoxy groups -OCH3 is 1. The maximum absolute atomic E-state index is 12.2. The van der Waals surface area contributed by atoms with E-state index in [0.717, 1.165) is 4.47 Å². The van der Waals surface area contributed by atoms with E-state index in [1.807, 2.05) is 6.07 Å². The van der Waals surface area contributed by atoms with Crippen LogP contribution in [0.3, 0.4) is 0 Å². The van der Waals surface area contributed by atoms with Crippen molar-refractivity contribution in [2.24, 2.45) is 0 Å². The summed E-state index contributed by atoms with van der Waals surface area (Å²) in [6.07, 6.45) is 0. The average Bonchev–Trinajstić information content (AvgIpc) is 2.41. The lowest BCUT2D eigenvalue weighted by Crippen LogP contribution is -2.13. The molecule has 0 spiro atoms. The zero-order chi connectivity index (χ0) is 13.8. The van der Waals surface area contributed by atoms with Gasteiger partial charge in [-0.05, 0) is 30.3 Å². The molecule has 2 rings (SSSR count). The van der Waals surface area contributed by atoms with Gasteiger partial charge in [0.2, 0.25) is 0 Å². The maximum Gasteiger partial charge on any atom is 0.259 e. The van der Waals surface area contributed by atoms with Crippen molar-refractivity contribution in [3.05, 3.63) is 57.5 Å². The van der Waals surface area contributed by atoms with Crippen LogP contribution in [0, 0.1) is 0 Å². The second-order valence-electron chi connectivity index (χ2n) is 3.78. The highest BCUT2D eigenvalue weighted by atomic mass is 79.9. The van der Waals surface area contributed by atoms with Crippen LogP contribution in [0.4, 0.5) is 5.69 Å². The highest BCUT2D eigenvalue weighted by Gasteiger charge is 2.14. The van der Waals surface area contributed by atoms with E-state index in [0.29, 0.717) is 22.0 Å². The third-order valence-electron chi connectivity index (χ3n) is 2.53. The van der Waals surface area contributed by atoms with Gasteiger partial charge in [-0.15, -0.1) is 0 Å². The first-order valence-electron chi connectivity index (χ1n) is 5.51. The summed E-state index contributed by atoms with van der Waals surface area (Å²) in [5, 5.41) is 3.25. The van der Waals surface area contributed by atoms with E-state index in [1.165, 1.54) is 7.11 Å². The van der Waals surface area contributed by atoms with Crippen LogP contribution in [-0.4, -0.2) is 13.0 Å². The summed E-state index contributed by atoms with van der Waals surface area (Å²) in [6.45, 7) is 0. The summed E-state index contributed by atoms with van der Waals surface area (Å²) in [5.74, 6) is 0.235. The van der Waals surface area contributed by atoms with Crippen LogP contribution in [0.25, 0.3) is 0 Å². The highest BCUT2D eigenvalue weighted by Crippen LogP contribution is 2.26. The number of carbonyl (C=O) groups excluding carboxylic acids is 1. The molecule has 0 atom stereocenters. The van der Waals surface area contributed by atoms with Gasteiger partial charge in [-0.25, -0.2) is 0 Å². The van der Waals surface area contributed by atoms with Crippen LogP contribution in [0.15, 0.2) is 46.9 Å². The average molecular weight is 341 g/mol. The molecule has 0 saturated carbocycles. The van der Waals surface area contributed by atoms with Crippen LogP contribution in [-0.2, 0) is 0 Å². The van der Waals surface area contributed by atoms with Gasteiger partial charge in [0.25, 0.3) is 5.91 Å². The Hall–Kier alpha value is -1.52. The fraction of sp³-hybridized carbons (Fsp3) is 0.0714. The summed E-state index contributed by atoms with van der Waals surface area (Å²) < 4.78 is 5.98. The van der Waals surface area contributed by atoms with Crippen molar-refractivity contribution in [2.45, 2.75) is 0 Å². The maximum atomic E-state index is 12.2. The minimum atomic E-state index is -0.272. The van der Waals surface area contributed by atoms with Crippen LogP contribution >= 0.6 is 27.5 Å². The molecular formula is C14H11BrClNO2. The number of amides is 1. The molecule has 3 nitrogen and oxygen atoms in total. The Kier molecular flexibility index (Phi) is 4.45. The summed E-state index contributed by atoms with van der Waals surface area (Å²) >= 11 is 9.34. The van der Waals surface area contributed by atoms with E-state index in [1.54, 1.807) is 36.4 Å². The summed E-state index contributed by atoms with van der Waals surface area (Å²) in [7, 11) is 1.52. The Morgan fingerprint density at radius 1 is 1.26 bits per heavy atom. The Morgan fingerprint density at radius 3 is 2.68 bits per heavy atom. The number of nitrogens with one attached hydrogen (secondary N) is 1. The zero-order valence-electron chi connectivity index (χ0n) is 10.1. The van der Waals surface area contributed by atoms with Gasteiger partial charge in [-0.3, -0.25) is 4.79 Å². The summed E-state index contributed by atoms with van der Waals surface area (Å²) in [5.41, 5.74) is 1.01. The lowest BCUT2D eigenvalue weighted by Gasteiger charge is -2.10. The number of ether oxygens (including phenoxy) is 1. The highest BCUT2D eigenvalue weighted by molar-refractivity contribution is 9.10. The molecule has 98 valence electrons. The quantitative estimate of drug-likeness (QED) is 0.901. The molecule has 5 heteroatoms. The molecule has 1 N–H and O–H groups in total. The van der Waals surface area contributed by atoms with Crippen molar-refractivity contribution in [3.8, 4) is 5.75 Å². The number of benzene rings is 2. The topological polar surface area (TPSA) is 38.3 Å². The minimum Gasteiger partial charge on any atom is -0.496 e.